The highest BCUT2D eigenvalue weighted by molar-refractivity contribution is 9.10. The van der Waals surface area contributed by atoms with E-state index in [1.54, 1.807) is 37.6 Å². The molecule has 0 radical (unpaired) electrons. The van der Waals surface area contributed by atoms with Gasteiger partial charge < -0.3 is 14.4 Å². The number of anilines is 1. The van der Waals surface area contributed by atoms with Crippen molar-refractivity contribution in [2.45, 2.75) is 0 Å². The van der Waals surface area contributed by atoms with Crippen LogP contribution in [0.2, 0.25) is 0 Å². The second-order valence-corrected chi connectivity index (χ2v) is 6.22. The zero-order valence-electron chi connectivity index (χ0n) is 14.3. The molecule has 0 atom stereocenters. The van der Waals surface area contributed by atoms with E-state index >= 15 is 0 Å². The Bertz CT molecular complexity index is 746. The standard InChI is InChI=1S/C18H20BrN3O3/c1-22(2)17-9-4-13(10-16(17)19)11-20-21-18(23)12-25-15-7-5-14(24-3)6-8-15/h4-11H,12H2,1-3H3,(H,21,23)/b20-11-. The number of methoxy groups -OCH3 is 1. The molecule has 132 valence electrons. The molecule has 25 heavy (non-hydrogen) atoms. The van der Waals surface area contributed by atoms with Gasteiger partial charge in [0.2, 0.25) is 0 Å². The summed E-state index contributed by atoms with van der Waals surface area (Å²) in [5, 5.41) is 3.94. The molecule has 7 heteroatoms. The van der Waals surface area contributed by atoms with Gasteiger partial charge in [-0.25, -0.2) is 5.43 Å². The lowest BCUT2D eigenvalue weighted by atomic mass is 10.2. The number of nitrogens with one attached hydrogen (secondary N) is 1. The van der Waals surface area contributed by atoms with Gasteiger partial charge in [-0.1, -0.05) is 6.07 Å². The van der Waals surface area contributed by atoms with Gasteiger partial charge in [0.05, 0.1) is 19.0 Å². The Labute approximate surface area is 155 Å². The fourth-order valence-electron chi connectivity index (χ4n) is 2.00. The molecule has 0 saturated heterocycles. The SMILES string of the molecule is COc1ccc(OCC(=O)N/N=C\c2ccc(N(C)C)c(Br)c2)cc1. The molecular weight excluding hydrogens is 386 g/mol. The molecule has 1 N–H and O–H groups in total. The van der Waals surface area contributed by atoms with Gasteiger partial charge in [-0.05, 0) is 57.9 Å². The number of ether oxygens (including phenoxy) is 2. The average molecular weight is 406 g/mol. The first-order chi connectivity index (χ1) is 12.0. The Kier molecular flexibility index (Phi) is 6.82. The topological polar surface area (TPSA) is 63.2 Å². The summed E-state index contributed by atoms with van der Waals surface area (Å²) in [6.45, 7) is -0.118. The monoisotopic (exact) mass is 405 g/mol. The van der Waals surface area contributed by atoms with Crippen molar-refractivity contribution >= 4 is 33.7 Å². The summed E-state index contributed by atoms with van der Waals surface area (Å²) < 4.78 is 11.4. The van der Waals surface area contributed by atoms with Crippen LogP contribution in [0.3, 0.4) is 0 Å². The number of hydrogen-bond donors (Lipinski definition) is 1. The van der Waals surface area contributed by atoms with E-state index in [1.807, 2.05) is 37.2 Å². The molecule has 0 aromatic heterocycles. The van der Waals surface area contributed by atoms with Gasteiger partial charge >= 0.3 is 0 Å². The Hall–Kier alpha value is -2.54. The smallest absolute Gasteiger partial charge is 0.277 e. The first kappa shape index (κ1) is 18.8. The van der Waals surface area contributed by atoms with Gasteiger partial charge in [0.25, 0.3) is 5.91 Å². The normalized spacial score (nSPS) is 10.6. The molecule has 0 fully saturated rings. The first-order valence-corrected chi connectivity index (χ1v) is 8.34. The maximum Gasteiger partial charge on any atom is 0.277 e. The zero-order chi connectivity index (χ0) is 18.2. The van der Waals surface area contributed by atoms with E-state index in [1.165, 1.54) is 0 Å². The van der Waals surface area contributed by atoms with E-state index in [0.717, 1.165) is 21.5 Å². The van der Waals surface area contributed by atoms with Crippen LogP contribution in [0.15, 0.2) is 52.0 Å². The highest BCUT2D eigenvalue weighted by Gasteiger charge is 2.03. The van der Waals surface area contributed by atoms with Crippen LogP contribution in [0.1, 0.15) is 5.56 Å². The fraction of sp³-hybridized carbons (Fsp3) is 0.222. The molecule has 0 saturated carbocycles. The fourth-order valence-corrected chi connectivity index (χ4v) is 2.75. The summed E-state index contributed by atoms with van der Waals surface area (Å²) in [6, 6.07) is 12.8. The second-order valence-electron chi connectivity index (χ2n) is 5.36. The molecule has 0 aliphatic heterocycles. The van der Waals surface area contributed by atoms with Gasteiger partial charge in [0, 0.05) is 18.6 Å². The van der Waals surface area contributed by atoms with Crippen molar-refractivity contribution in [3.05, 3.63) is 52.5 Å². The van der Waals surface area contributed by atoms with Gasteiger partial charge in [-0.2, -0.15) is 5.10 Å². The van der Waals surface area contributed by atoms with Crippen LogP contribution < -0.4 is 19.8 Å². The third-order valence-corrected chi connectivity index (χ3v) is 3.92. The van der Waals surface area contributed by atoms with Crippen LogP contribution in [0.25, 0.3) is 0 Å². The summed E-state index contributed by atoms with van der Waals surface area (Å²) in [6.07, 6.45) is 1.58. The number of benzene rings is 2. The lowest BCUT2D eigenvalue weighted by Crippen LogP contribution is -2.24. The number of hydrogen-bond acceptors (Lipinski definition) is 5. The highest BCUT2D eigenvalue weighted by atomic mass is 79.9. The third-order valence-electron chi connectivity index (χ3n) is 3.29. The summed E-state index contributed by atoms with van der Waals surface area (Å²) >= 11 is 3.51. The summed E-state index contributed by atoms with van der Waals surface area (Å²) in [4.78, 5) is 13.8. The van der Waals surface area contributed by atoms with Crippen LogP contribution in [0.5, 0.6) is 11.5 Å². The summed E-state index contributed by atoms with van der Waals surface area (Å²) in [7, 11) is 5.53. The van der Waals surface area contributed by atoms with E-state index in [9.17, 15) is 4.79 Å². The number of rotatable bonds is 7. The maximum absolute atomic E-state index is 11.7. The summed E-state index contributed by atoms with van der Waals surface area (Å²) in [5.41, 5.74) is 4.37. The lowest BCUT2D eigenvalue weighted by Gasteiger charge is -2.14. The Morgan fingerprint density at radius 1 is 1.20 bits per heavy atom. The molecule has 0 aliphatic carbocycles. The Morgan fingerprint density at radius 2 is 1.88 bits per heavy atom. The zero-order valence-corrected chi connectivity index (χ0v) is 15.9. The van der Waals surface area contributed by atoms with Gasteiger partial charge in [-0.3, -0.25) is 4.79 Å². The van der Waals surface area contributed by atoms with Crippen molar-refractivity contribution < 1.29 is 14.3 Å². The Morgan fingerprint density at radius 3 is 2.48 bits per heavy atom. The minimum atomic E-state index is -0.337. The highest BCUT2D eigenvalue weighted by Crippen LogP contribution is 2.25. The number of amides is 1. The number of nitrogens with zero attached hydrogens (tertiary/aromatic N) is 2. The van der Waals surface area contributed by atoms with E-state index < -0.39 is 0 Å². The predicted octanol–water partition coefficient (Wildman–Crippen LogP) is 3.05. The van der Waals surface area contributed by atoms with Gasteiger partial charge in [0.15, 0.2) is 6.61 Å². The van der Waals surface area contributed by atoms with Crippen LogP contribution in [0, 0.1) is 0 Å². The number of carbonyl (C=O) groups excluding carboxylic acids is 1. The molecule has 0 aliphatic rings. The lowest BCUT2D eigenvalue weighted by molar-refractivity contribution is -0.123. The minimum absolute atomic E-state index is 0.118. The second kappa shape index (κ2) is 9.08. The van der Waals surface area contributed by atoms with Crippen LogP contribution in [-0.4, -0.2) is 39.9 Å². The summed E-state index contributed by atoms with van der Waals surface area (Å²) in [5.74, 6) is 0.979. The quantitative estimate of drug-likeness (QED) is 0.567. The van der Waals surface area contributed by atoms with Crippen LogP contribution in [0.4, 0.5) is 5.69 Å². The largest absolute Gasteiger partial charge is 0.497 e. The molecule has 6 nitrogen and oxygen atoms in total. The van der Waals surface area contributed by atoms with E-state index in [2.05, 4.69) is 26.5 Å². The Balaban J connectivity index is 1.82. The first-order valence-electron chi connectivity index (χ1n) is 7.55. The van der Waals surface area contributed by atoms with Crippen LogP contribution in [-0.2, 0) is 4.79 Å². The predicted molar refractivity (Wildman–Crippen MR) is 103 cm³/mol. The molecule has 0 unspecified atom stereocenters. The molecule has 0 bridgehead atoms. The molecule has 2 aromatic rings. The van der Waals surface area contributed by atoms with Crippen molar-refractivity contribution in [1.82, 2.24) is 5.43 Å². The third kappa shape index (κ3) is 5.79. The van der Waals surface area contributed by atoms with E-state index in [0.29, 0.717) is 5.75 Å². The maximum atomic E-state index is 11.7. The molecule has 1 amide bonds. The van der Waals surface area contributed by atoms with Crippen molar-refractivity contribution in [2.75, 3.05) is 32.7 Å². The van der Waals surface area contributed by atoms with Crippen molar-refractivity contribution in [1.29, 1.82) is 0 Å². The number of halogens is 1. The molecule has 0 spiro atoms. The average Bonchev–Trinajstić information content (AvgIpc) is 2.60. The van der Waals surface area contributed by atoms with Crippen molar-refractivity contribution in [3.63, 3.8) is 0 Å². The van der Waals surface area contributed by atoms with Crippen molar-refractivity contribution in [3.8, 4) is 11.5 Å². The van der Waals surface area contributed by atoms with Crippen LogP contribution >= 0.6 is 15.9 Å². The van der Waals surface area contributed by atoms with E-state index in [4.69, 9.17) is 9.47 Å². The van der Waals surface area contributed by atoms with Gasteiger partial charge in [0.1, 0.15) is 11.5 Å². The molecule has 2 rings (SSSR count). The minimum Gasteiger partial charge on any atom is -0.497 e. The number of carbonyl (C=O) groups is 1. The van der Waals surface area contributed by atoms with E-state index in [-0.39, 0.29) is 12.5 Å². The molecular formula is C18H20BrN3O3. The number of hydrazone groups is 1. The molecule has 0 heterocycles. The van der Waals surface area contributed by atoms with Gasteiger partial charge in [-0.15, -0.1) is 0 Å². The molecule has 2 aromatic carbocycles. The van der Waals surface area contributed by atoms with Crippen molar-refractivity contribution in [2.24, 2.45) is 5.10 Å².